The highest BCUT2D eigenvalue weighted by atomic mass is 35.5. The van der Waals surface area contributed by atoms with Gasteiger partial charge < -0.3 is 0 Å². The maximum Gasteiger partial charge on any atom is 0.105 e. The van der Waals surface area contributed by atoms with Crippen LogP contribution in [-0.2, 0) is 0 Å². The summed E-state index contributed by atoms with van der Waals surface area (Å²) in [5.41, 5.74) is 0. The summed E-state index contributed by atoms with van der Waals surface area (Å²) in [6, 6.07) is 0. The van der Waals surface area contributed by atoms with Gasteiger partial charge in [-0.05, 0) is 0 Å². The molecular formula is C4Cl4S2. The maximum absolute atomic E-state index is 5.64. The molecule has 0 amide bonds. The number of hydrogen-bond acceptors (Lipinski definition) is 2. The van der Waals surface area contributed by atoms with Crippen molar-refractivity contribution in [3.05, 3.63) is 17.5 Å². The summed E-state index contributed by atoms with van der Waals surface area (Å²) < 4.78 is 1.89. The minimum atomic E-state index is 0.473. The Labute approximate surface area is 86.9 Å². The van der Waals surface area contributed by atoms with Crippen molar-refractivity contribution in [3.63, 3.8) is 0 Å². The van der Waals surface area contributed by atoms with Crippen molar-refractivity contribution >= 4 is 69.9 Å². The van der Waals surface area contributed by atoms with E-state index in [0.29, 0.717) is 17.5 Å². The first-order valence-electron chi connectivity index (χ1n) is 2.07. The van der Waals surface area contributed by atoms with Crippen LogP contribution in [0.5, 0.6) is 0 Å². The van der Waals surface area contributed by atoms with E-state index in [1.165, 1.54) is 0 Å². The number of halogens is 4. The first-order chi connectivity index (χ1) is 4.61. The highest BCUT2D eigenvalue weighted by molar-refractivity contribution is 8.16. The number of hydrogen-bond donors (Lipinski definition) is 0. The molecule has 1 heterocycles. The lowest BCUT2D eigenvalue weighted by atomic mass is 11.2. The number of rotatable bonds is 0. The van der Waals surface area contributed by atoms with Gasteiger partial charge >= 0.3 is 0 Å². The SMILES string of the molecule is ClC1=C(Cl)SC(Cl)=C(Cl)S1. The van der Waals surface area contributed by atoms with E-state index < -0.39 is 0 Å². The van der Waals surface area contributed by atoms with Crippen molar-refractivity contribution in [2.75, 3.05) is 0 Å². The van der Waals surface area contributed by atoms with Gasteiger partial charge in [0.2, 0.25) is 0 Å². The van der Waals surface area contributed by atoms with Crippen molar-refractivity contribution in [1.29, 1.82) is 0 Å². The van der Waals surface area contributed by atoms with Gasteiger partial charge in [-0.3, -0.25) is 0 Å². The smallest absolute Gasteiger partial charge is 0.0741 e. The average molecular weight is 254 g/mol. The lowest BCUT2D eigenvalue weighted by Gasteiger charge is -2.09. The van der Waals surface area contributed by atoms with Crippen molar-refractivity contribution < 1.29 is 0 Å². The van der Waals surface area contributed by atoms with Crippen molar-refractivity contribution in [3.8, 4) is 0 Å². The molecule has 10 heavy (non-hydrogen) atoms. The molecule has 0 nitrogen and oxygen atoms in total. The maximum atomic E-state index is 5.64. The molecule has 0 saturated carbocycles. The zero-order valence-corrected chi connectivity index (χ0v) is 8.99. The van der Waals surface area contributed by atoms with Crippen LogP contribution in [0.25, 0.3) is 0 Å². The summed E-state index contributed by atoms with van der Waals surface area (Å²) in [5, 5.41) is 0. The molecule has 1 aliphatic rings. The zero-order valence-electron chi connectivity index (χ0n) is 4.33. The van der Waals surface area contributed by atoms with Crippen LogP contribution in [0, 0.1) is 0 Å². The molecule has 1 rings (SSSR count). The molecule has 56 valence electrons. The van der Waals surface area contributed by atoms with Gasteiger partial charge in [-0.25, -0.2) is 0 Å². The first-order valence-corrected chi connectivity index (χ1v) is 5.22. The van der Waals surface area contributed by atoms with E-state index in [1.54, 1.807) is 0 Å². The van der Waals surface area contributed by atoms with Crippen LogP contribution in [0.3, 0.4) is 0 Å². The average Bonchev–Trinajstić information content (AvgIpc) is 1.84. The van der Waals surface area contributed by atoms with Crippen LogP contribution in [0.2, 0.25) is 0 Å². The third-order valence-corrected chi connectivity index (χ3v) is 4.78. The van der Waals surface area contributed by atoms with Crippen LogP contribution in [-0.4, -0.2) is 0 Å². The topological polar surface area (TPSA) is 0 Å². The van der Waals surface area contributed by atoms with Gasteiger partial charge in [-0.1, -0.05) is 69.9 Å². The lowest BCUT2D eigenvalue weighted by Crippen LogP contribution is -1.78. The van der Waals surface area contributed by atoms with Gasteiger partial charge in [0.15, 0.2) is 0 Å². The van der Waals surface area contributed by atoms with Crippen molar-refractivity contribution in [2.45, 2.75) is 0 Å². The fraction of sp³-hybridized carbons (Fsp3) is 0. The molecule has 0 bridgehead atoms. The summed E-state index contributed by atoms with van der Waals surface area (Å²) in [4.78, 5) is 0. The summed E-state index contributed by atoms with van der Waals surface area (Å²) in [5.74, 6) is 0. The molecule has 0 N–H and O–H groups in total. The van der Waals surface area contributed by atoms with Crippen molar-refractivity contribution in [1.82, 2.24) is 0 Å². The van der Waals surface area contributed by atoms with Crippen LogP contribution in [0.4, 0.5) is 0 Å². The molecule has 0 aliphatic carbocycles. The second kappa shape index (κ2) is 3.83. The van der Waals surface area contributed by atoms with Gasteiger partial charge in [-0.15, -0.1) is 0 Å². The highest BCUT2D eigenvalue weighted by Crippen LogP contribution is 2.50. The molecule has 0 aromatic heterocycles. The van der Waals surface area contributed by atoms with Crippen LogP contribution in [0.1, 0.15) is 0 Å². The molecule has 6 heteroatoms. The highest BCUT2D eigenvalue weighted by Gasteiger charge is 2.17. The fourth-order valence-corrected chi connectivity index (χ4v) is 3.08. The third-order valence-electron chi connectivity index (χ3n) is 0.667. The Morgan fingerprint density at radius 1 is 0.600 bits per heavy atom. The Morgan fingerprint density at radius 2 is 0.800 bits per heavy atom. The molecular weight excluding hydrogens is 254 g/mol. The Morgan fingerprint density at radius 3 is 1.00 bits per heavy atom. The Bertz CT molecular complexity index is 175. The van der Waals surface area contributed by atoms with Gasteiger partial charge in [-0.2, -0.15) is 0 Å². The van der Waals surface area contributed by atoms with Gasteiger partial charge in [0, 0.05) is 0 Å². The molecule has 0 radical (unpaired) electrons. The monoisotopic (exact) mass is 252 g/mol. The second-order valence-electron chi connectivity index (χ2n) is 1.30. The van der Waals surface area contributed by atoms with E-state index in [1.807, 2.05) is 0 Å². The van der Waals surface area contributed by atoms with Crippen molar-refractivity contribution in [2.24, 2.45) is 0 Å². The molecule has 1 aliphatic heterocycles. The molecule has 0 aromatic carbocycles. The van der Waals surface area contributed by atoms with Gasteiger partial charge in [0.25, 0.3) is 0 Å². The van der Waals surface area contributed by atoms with Gasteiger partial charge in [0.05, 0.1) is 0 Å². The molecule has 0 atom stereocenters. The van der Waals surface area contributed by atoms with E-state index in [2.05, 4.69) is 0 Å². The molecule has 0 aromatic rings. The summed E-state index contributed by atoms with van der Waals surface area (Å²) in [6.45, 7) is 0. The summed E-state index contributed by atoms with van der Waals surface area (Å²) >= 11 is 24.9. The van der Waals surface area contributed by atoms with E-state index in [9.17, 15) is 0 Å². The van der Waals surface area contributed by atoms with Crippen LogP contribution < -0.4 is 0 Å². The number of thioether (sulfide) groups is 2. The second-order valence-corrected chi connectivity index (χ2v) is 5.75. The first kappa shape index (κ1) is 9.43. The normalized spacial score (nSPS) is 20.4. The minimum Gasteiger partial charge on any atom is -0.0741 e. The molecule has 0 unspecified atom stereocenters. The van der Waals surface area contributed by atoms with Crippen LogP contribution in [0.15, 0.2) is 17.5 Å². The summed E-state index contributed by atoms with van der Waals surface area (Å²) in [7, 11) is 0. The quantitative estimate of drug-likeness (QED) is 0.615. The molecule has 0 fully saturated rings. The predicted molar refractivity (Wildman–Crippen MR) is 52.6 cm³/mol. The summed E-state index contributed by atoms with van der Waals surface area (Å²) in [6.07, 6.45) is 0. The zero-order chi connectivity index (χ0) is 7.72. The largest absolute Gasteiger partial charge is 0.105 e. The third kappa shape index (κ3) is 2.16. The Kier molecular flexibility index (Phi) is 3.61. The minimum absolute atomic E-state index is 0.473. The van der Waals surface area contributed by atoms with E-state index in [-0.39, 0.29) is 0 Å². The standard InChI is InChI=1S/C4Cl4S2/c5-1-2(6)10-4(8)3(7)9-1. The van der Waals surface area contributed by atoms with Crippen LogP contribution >= 0.6 is 69.9 Å². The Balaban J connectivity index is 2.81. The van der Waals surface area contributed by atoms with E-state index >= 15 is 0 Å². The van der Waals surface area contributed by atoms with Gasteiger partial charge in [0.1, 0.15) is 17.5 Å². The van der Waals surface area contributed by atoms with E-state index in [0.717, 1.165) is 23.5 Å². The van der Waals surface area contributed by atoms with E-state index in [4.69, 9.17) is 46.4 Å². The lowest BCUT2D eigenvalue weighted by molar-refractivity contribution is 2.17. The predicted octanol–water partition coefficient (Wildman–Crippen LogP) is 4.67. The molecule has 0 saturated heterocycles. The Hall–Kier alpha value is 1.34. The molecule has 0 spiro atoms. The fourth-order valence-electron chi connectivity index (χ4n) is 0.318.